The molecule has 24 heavy (non-hydrogen) atoms. The number of hydrogen-bond donors (Lipinski definition) is 1. The first-order chi connectivity index (χ1) is 11.7. The van der Waals surface area contributed by atoms with E-state index in [1.54, 1.807) is 12.1 Å². The van der Waals surface area contributed by atoms with Gasteiger partial charge < -0.3 is 9.84 Å². The number of nitrogens with zero attached hydrogens (tertiary/aromatic N) is 3. The fraction of sp³-hybridized carbons (Fsp3) is 0. The average Bonchev–Trinajstić information content (AvgIpc) is 3.03. The van der Waals surface area contributed by atoms with E-state index in [2.05, 4.69) is 36.4 Å². The van der Waals surface area contributed by atoms with E-state index in [0.29, 0.717) is 27.1 Å². The molecule has 0 saturated carbocycles. The van der Waals surface area contributed by atoms with Gasteiger partial charge in [0.2, 0.25) is 5.58 Å². The molecule has 4 rings (SSSR count). The van der Waals surface area contributed by atoms with Gasteiger partial charge in [-0.15, -0.1) is 0 Å². The zero-order valence-corrected chi connectivity index (χ0v) is 13.8. The molecule has 0 bridgehead atoms. The average molecular weight is 385 g/mol. The lowest BCUT2D eigenvalue weighted by Crippen LogP contribution is -1.97. The molecule has 0 saturated heterocycles. The Hall–Kier alpha value is -2.80. The Bertz CT molecular complexity index is 1020. The molecular weight excluding hydrogens is 375 g/mol. The zero-order valence-electron chi connectivity index (χ0n) is 12.2. The molecule has 0 aliphatic carbocycles. The number of hydrogen-bond acceptors (Lipinski definition) is 5. The van der Waals surface area contributed by atoms with E-state index in [4.69, 9.17) is 4.52 Å². The first-order valence-electron chi connectivity index (χ1n) is 7.10. The third kappa shape index (κ3) is 2.63. The van der Waals surface area contributed by atoms with E-state index < -0.39 is 5.82 Å². The number of anilines is 2. The Morgan fingerprint density at radius 2 is 1.88 bits per heavy atom. The predicted octanol–water partition coefficient (Wildman–Crippen LogP) is 4.93. The fourth-order valence-corrected chi connectivity index (χ4v) is 2.69. The van der Waals surface area contributed by atoms with Crippen LogP contribution in [0.1, 0.15) is 0 Å². The first-order valence-corrected chi connectivity index (χ1v) is 7.89. The number of benzene rings is 2. The molecular formula is C17H10BrFN4O. The molecule has 0 radical (unpaired) electrons. The predicted molar refractivity (Wildman–Crippen MR) is 92.4 cm³/mol. The number of fused-ring (bicyclic) bond motifs is 1. The van der Waals surface area contributed by atoms with Crippen LogP contribution >= 0.6 is 15.9 Å². The summed E-state index contributed by atoms with van der Waals surface area (Å²) in [5, 5.41) is 7.01. The van der Waals surface area contributed by atoms with Gasteiger partial charge in [0.15, 0.2) is 5.82 Å². The lowest BCUT2D eigenvalue weighted by Gasteiger charge is -2.06. The second-order valence-corrected chi connectivity index (χ2v) is 5.96. The Balaban J connectivity index is 1.79. The van der Waals surface area contributed by atoms with Crippen molar-refractivity contribution >= 4 is 38.5 Å². The quantitative estimate of drug-likeness (QED) is 0.542. The second-order valence-electron chi connectivity index (χ2n) is 5.05. The molecule has 7 heteroatoms. The molecule has 2 aromatic heterocycles. The maximum Gasteiger partial charge on any atom is 0.228 e. The van der Waals surface area contributed by atoms with Crippen molar-refractivity contribution in [2.45, 2.75) is 0 Å². The van der Waals surface area contributed by atoms with E-state index in [-0.39, 0.29) is 5.69 Å². The van der Waals surface area contributed by atoms with E-state index in [1.165, 1.54) is 12.4 Å². The van der Waals surface area contributed by atoms with Crippen LogP contribution in [0.15, 0.2) is 63.9 Å². The van der Waals surface area contributed by atoms with Crippen molar-refractivity contribution < 1.29 is 8.91 Å². The third-order valence-electron chi connectivity index (χ3n) is 3.49. The van der Waals surface area contributed by atoms with Crippen molar-refractivity contribution in [3.8, 4) is 11.3 Å². The minimum atomic E-state index is -0.404. The molecule has 4 aromatic rings. The highest BCUT2D eigenvalue weighted by Gasteiger charge is 2.16. The summed E-state index contributed by atoms with van der Waals surface area (Å²) in [5.41, 5.74) is 2.73. The molecule has 0 amide bonds. The standard InChI is InChI=1S/C17H10BrFN4O/c18-11-6-7-13(12(19)8-11)22-17-16-15(20-9-21-17)14(23-24-16)10-4-2-1-3-5-10/h1-9H,(H,20,21,22). The van der Waals surface area contributed by atoms with Gasteiger partial charge in [-0.05, 0) is 18.2 Å². The van der Waals surface area contributed by atoms with Crippen LogP contribution in [0, 0.1) is 5.82 Å². The van der Waals surface area contributed by atoms with Gasteiger partial charge in [-0.2, -0.15) is 0 Å². The molecule has 0 aliphatic rings. The van der Waals surface area contributed by atoms with Gasteiger partial charge in [0.25, 0.3) is 0 Å². The summed E-state index contributed by atoms with van der Waals surface area (Å²) in [6, 6.07) is 14.3. The van der Waals surface area contributed by atoms with Gasteiger partial charge in [0.1, 0.15) is 23.4 Å². The van der Waals surface area contributed by atoms with Crippen LogP contribution in [0.25, 0.3) is 22.4 Å². The Kier molecular flexibility index (Phi) is 3.70. The van der Waals surface area contributed by atoms with Crippen LogP contribution in [0.2, 0.25) is 0 Å². The maximum absolute atomic E-state index is 14.0. The van der Waals surface area contributed by atoms with Crippen LogP contribution in [0.4, 0.5) is 15.9 Å². The van der Waals surface area contributed by atoms with Crippen molar-refractivity contribution in [3.63, 3.8) is 0 Å². The number of aromatic nitrogens is 3. The summed E-state index contributed by atoms with van der Waals surface area (Å²) in [7, 11) is 0. The van der Waals surface area contributed by atoms with Crippen LogP contribution < -0.4 is 5.32 Å². The SMILES string of the molecule is Fc1cc(Br)ccc1Nc1ncnc2c(-c3ccccc3)noc12. The Labute approximate surface area is 144 Å². The van der Waals surface area contributed by atoms with Gasteiger partial charge in [0, 0.05) is 10.0 Å². The first kappa shape index (κ1) is 14.8. The maximum atomic E-state index is 14.0. The van der Waals surface area contributed by atoms with Crippen LogP contribution in [0.3, 0.4) is 0 Å². The smallest absolute Gasteiger partial charge is 0.228 e. The van der Waals surface area contributed by atoms with Gasteiger partial charge in [-0.1, -0.05) is 51.4 Å². The normalized spacial score (nSPS) is 10.9. The molecule has 2 heterocycles. The minimum Gasteiger partial charge on any atom is -0.350 e. The number of rotatable bonds is 3. The number of halogens is 2. The van der Waals surface area contributed by atoms with E-state index >= 15 is 0 Å². The van der Waals surface area contributed by atoms with Crippen LogP contribution in [-0.2, 0) is 0 Å². The Morgan fingerprint density at radius 3 is 2.67 bits per heavy atom. The van der Waals surface area contributed by atoms with Gasteiger partial charge in [-0.3, -0.25) is 0 Å². The minimum absolute atomic E-state index is 0.288. The Morgan fingerprint density at radius 1 is 1.04 bits per heavy atom. The largest absolute Gasteiger partial charge is 0.350 e. The molecule has 0 aliphatic heterocycles. The van der Waals surface area contributed by atoms with Crippen molar-refractivity contribution in [3.05, 3.63) is 65.1 Å². The van der Waals surface area contributed by atoms with E-state index in [9.17, 15) is 4.39 Å². The van der Waals surface area contributed by atoms with Crippen molar-refractivity contribution in [2.75, 3.05) is 5.32 Å². The topological polar surface area (TPSA) is 63.8 Å². The van der Waals surface area contributed by atoms with E-state index in [1.807, 2.05) is 30.3 Å². The van der Waals surface area contributed by atoms with Crippen molar-refractivity contribution in [1.29, 1.82) is 0 Å². The summed E-state index contributed by atoms with van der Waals surface area (Å²) < 4.78 is 20.1. The summed E-state index contributed by atoms with van der Waals surface area (Å²) in [5.74, 6) is -0.0464. The molecule has 1 N–H and O–H groups in total. The lowest BCUT2D eigenvalue weighted by atomic mass is 10.1. The summed E-state index contributed by atoms with van der Waals surface area (Å²) in [6.07, 6.45) is 1.39. The van der Waals surface area contributed by atoms with Gasteiger partial charge in [0.05, 0.1) is 5.69 Å². The summed E-state index contributed by atoms with van der Waals surface area (Å²) in [4.78, 5) is 8.39. The zero-order chi connectivity index (χ0) is 16.5. The van der Waals surface area contributed by atoms with Crippen LogP contribution in [-0.4, -0.2) is 15.1 Å². The fourth-order valence-electron chi connectivity index (χ4n) is 2.36. The van der Waals surface area contributed by atoms with Crippen molar-refractivity contribution in [1.82, 2.24) is 15.1 Å². The van der Waals surface area contributed by atoms with Crippen molar-refractivity contribution in [2.24, 2.45) is 0 Å². The van der Waals surface area contributed by atoms with Gasteiger partial charge in [-0.25, -0.2) is 14.4 Å². The van der Waals surface area contributed by atoms with Gasteiger partial charge >= 0.3 is 0 Å². The number of nitrogens with one attached hydrogen (secondary N) is 1. The summed E-state index contributed by atoms with van der Waals surface area (Å²) >= 11 is 3.23. The molecule has 0 fully saturated rings. The lowest BCUT2D eigenvalue weighted by molar-refractivity contribution is 0.459. The highest BCUT2D eigenvalue weighted by Crippen LogP contribution is 2.31. The molecule has 0 unspecified atom stereocenters. The highest BCUT2D eigenvalue weighted by atomic mass is 79.9. The third-order valence-corrected chi connectivity index (χ3v) is 3.98. The molecule has 5 nitrogen and oxygen atoms in total. The van der Waals surface area contributed by atoms with E-state index in [0.717, 1.165) is 5.56 Å². The monoisotopic (exact) mass is 384 g/mol. The summed E-state index contributed by atoms with van der Waals surface area (Å²) in [6.45, 7) is 0. The second kappa shape index (κ2) is 6.01. The molecule has 118 valence electrons. The molecule has 2 aromatic carbocycles. The molecule has 0 atom stereocenters. The van der Waals surface area contributed by atoms with Crippen LogP contribution in [0.5, 0.6) is 0 Å². The molecule has 0 spiro atoms. The highest BCUT2D eigenvalue weighted by molar-refractivity contribution is 9.10.